The molecule has 6 heteroatoms. The number of rotatable bonds is 2. The quantitative estimate of drug-likeness (QED) is 0.773. The van der Waals surface area contributed by atoms with Gasteiger partial charge in [-0.25, -0.2) is 4.98 Å². The van der Waals surface area contributed by atoms with E-state index >= 15 is 0 Å². The highest BCUT2D eigenvalue weighted by molar-refractivity contribution is 7.22. The molecule has 1 aliphatic heterocycles. The van der Waals surface area contributed by atoms with Crippen molar-refractivity contribution in [3.8, 4) is 11.5 Å². The maximum absolute atomic E-state index is 12.5. The van der Waals surface area contributed by atoms with E-state index in [0.29, 0.717) is 16.6 Å². The van der Waals surface area contributed by atoms with Gasteiger partial charge in [0, 0.05) is 0 Å². The summed E-state index contributed by atoms with van der Waals surface area (Å²) < 4.78 is 12.4. The van der Waals surface area contributed by atoms with Crippen LogP contribution in [-0.2, 0) is 4.79 Å². The molecule has 1 amide bonds. The molecule has 5 nitrogen and oxygen atoms in total. The van der Waals surface area contributed by atoms with Crippen LogP contribution in [0.1, 0.15) is 11.1 Å². The van der Waals surface area contributed by atoms with Crippen molar-refractivity contribution in [2.45, 2.75) is 20.0 Å². The zero-order valence-corrected chi connectivity index (χ0v) is 14.1. The number of nitrogens with zero attached hydrogens (tertiary/aromatic N) is 1. The third-order valence-corrected chi connectivity index (χ3v) is 4.97. The molecule has 4 rings (SSSR count). The van der Waals surface area contributed by atoms with E-state index in [1.54, 1.807) is 6.07 Å². The molecule has 122 valence electrons. The average molecular weight is 340 g/mol. The van der Waals surface area contributed by atoms with Gasteiger partial charge in [-0.2, -0.15) is 0 Å². The highest BCUT2D eigenvalue weighted by Gasteiger charge is 2.28. The van der Waals surface area contributed by atoms with Crippen molar-refractivity contribution in [2.24, 2.45) is 0 Å². The lowest BCUT2D eigenvalue weighted by molar-refractivity contribution is -0.125. The van der Waals surface area contributed by atoms with Crippen LogP contribution in [0.5, 0.6) is 11.5 Å². The summed E-state index contributed by atoms with van der Waals surface area (Å²) in [4.78, 5) is 17.0. The number of thiazole rings is 1. The SMILES string of the molecule is Cc1cc(C)c2sc(NC(=O)[C@@H]3COc4ccccc4O3)nc2c1. The van der Waals surface area contributed by atoms with Gasteiger partial charge in [-0.05, 0) is 43.2 Å². The molecule has 0 fully saturated rings. The second-order valence-corrected chi connectivity index (χ2v) is 6.80. The van der Waals surface area contributed by atoms with Crippen LogP contribution in [-0.4, -0.2) is 23.6 Å². The Bertz CT molecular complexity index is 935. The lowest BCUT2D eigenvalue weighted by Gasteiger charge is -2.25. The van der Waals surface area contributed by atoms with Gasteiger partial charge in [0.15, 0.2) is 16.6 Å². The monoisotopic (exact) mass is 340 g/mol. The highest BCUT2D eigenvalue weighted by Crippen LogP contribution is 2.32. The molecule has 3 aromatic rings. The second-order valence-electron chi connectivity index (χ2n) is 5.80. The van der Waals surface area contributed by atoms with E-state index in [1.807, 2.05) is 38.1 Å². The Morgan fingerprint density at radius 3 is 2.88 bits per heavy atom. The largest absolute Gasteiger partial charge is 0.485 e. The Balaban J connectivity index is 1.54. The third kappa shape index (κ3) is 2.69. The number of hydrogen-bond donors (Lipinski definition) is 1. The van der Waals surface area contributed by atoms with Crippen LogP contribution in [0, 0.1) is 13.8 Å². The molecule has 0 saturated carbocycles. The molecule has 2 aromatic carbocycles. The fourth-order valence-corrected chi connectivity index (χ4v) is 3.68. The number of ether oxygens (including phenoxy) is 2. The van der Waals surface area contributed by atoms with Gasteiger partial charge in [-0.3, -0.25) is 10.1 Å². The standard InChI is InChI=1S/C18H16N2O3S/c1-10-7-11(2)16-12(8-10)19-18(24-16)20-17(21)15-9-22-13-5-3-4-6-14(13)23-15/h3-8,15H,9H2,1-2H3,(H,19,20,21)/t15-/m0/s1. The smallest absolute Gasteiger partial charge is 0.270 e. The number of fused-ring (bicyclic) bond motifs is 2. The summed E-state index contributed by atoms with van der Waals surface area (Å²) in [5, 5.41) is 3.42. The normalized spacial score (nSPS) is 16.2. The van der Waals surface area contributed by atoms with E-state index in [0.717, 1.165) is 21.3 Å². The van der Waals surface area contributed by atoms with Gasteiger partial charge >= 0.3 is 0 Å². The molecule has 0 radical (unpaired) electrons. The van der Waals surface area contributed by atoms with Crippen LogP contribution >= 0.6 is 11.3 Å². The number of anilines is 1. The summed E-state index contributed by atoms with van der Waals surface area (Å²) in [6.07, 6.45) is -0.685. The summed E-state index contributed by atoms with van der Waals surface area (Å²) in [6, 6.07) is 11.5. The minimum absolute atomic E-state index is 0.186. The maximum atomic E-state index is 12.5. The number of para-hydroxylation sites is 2. The van der Waals surface area contributed by atoms with Crippen molar-refractivity contribution in [3.63, 3.8) is 0 Å². The molecule has 0 saturated heterocycles. The molecular weight excluding hydrogens is 324 g/mol. The number of nitrogens with one attached hydrogen (secondary N) is 1. The fraction of sp³-hybridized carbons (Fsp3) is 0.222. The van der Waals surface area contributed by atoms with Crippen LogP contribution < -0.4 is 14.8 Å². The number of benzene rings is 2. The summed E-state index contributed by atoms with van der Waals surface area (Å²) >= 11 is 1.47. The number of aryl methyl sites for hydroxylation is 2. The first-order valence-corrected chi connectivity index (χ1v) is 8.49. The average Bonchev–Trinajstić information content (AvgIpc) is 2.97. The van der Waals surface area contributed by atoms with Gasteiger partial charge in [-0.1, -0.05) is 29.5 Å². The van der Waals surface area contributed by atoms with Crippen LogP contribution in [0.3, 0.4) is 0 Å². The van der Waals surface area contributed by atoms with Crippen LogP contribution in [0.2, 0.25) is 0 Å². The van der Waals surface area contributed by atoms with E-state index in [4.69, 9.17) is 9.47 Å². The van der Waals surface area contributed by atoms with Crippen LogP contribution in [0.4, 0.5) is 5.13 Å². The summed E-state index contributed by atoms with van der Waals surface area (Å²) in [7, 11) is 0. The zero-order chi connectivity index (χ0) is 16.7. The van der Waals surface area contributed by atoms with Crippen molar-refractivity contribution in [2.75, 3.05) is 11.9 Å². The van der Waals surface area contributed by atoms with Crippen molar-refractivity contribution >= 4 is 32.6 Å². The van der Waals surface area contributed by atoms with Gasteiger partial charge in [0.2, 0.25) is 6.10 Å². The van der Waals surface area contributed by atoms with E-state index < -0.39 is 6.10 Å². The van der Waals surface area contributed by atoms with Crippen molar-refractivity contribution in [1.29, 1.82) is 0 Å². The summed E-state index contributed by atoms with van der Waals surface area (Å²) in [6.45, 7) is 4.27. The van der Waals surface area contributed by atoms with E-state index in [-0.39, 0.29) is 12.5 Å². The zero-order valence-electron chi connectivity index (χ0n) is 13.3. The molecule has 24 heavy (non-hydrogen) atoms. The van der Waals surface area contributed by atoms with Gasteiger partial charge in [-0.15, -0.1) is 0 Å². The Hall–Kier alpha value is -2.60. The number of carbonyl (C=O) groups excluding carboxylic acids is 1. The van der Waals surface area contributed by atoms with Gasteiger partial charge in [0.1, 0.15) is 6.61 Å². The summed E-state index contributed by atoms with van der Waals surface area (Å²) in [5.74, 6) is 0.991. The third-order valence-electron chi connectivity index (χ3n) is 3.85. The van der Waals surface area contributed by atoms with E-state index in [2.05, 4.69) is 16.4 Å². The Morgan fingerprint density at radius 1 is 1.25 bits per heavy atom. The first-order chi connectivity index (χ1) is 11.6. The highest BCUT2D eigenvalue weighted by atomic mass is 32.1. The first-order valence-electron chi connectivity index (χ1n) is 7.67. The molecule has 0 unspecified atom stereocenters. The van der Waals surface area contributed by atoms with E-state index in [9.17, 15) is 4.79 Å². The van der Waals surface area contributed by atoms with Gasteiger partial charge in [0.25, 0.3) is 5.91 Å². The van der Waals surface area contributed by atoms with Crippen molar-refractivity contribution in [3.05, 3.63) is 47.5 Å². The molecular formula is C18H16N2O3S. The second kappa shape index (κ2) is 5.79. The van der Waals surface area contributed by atoms with Gasteiger partial charge in [0.05, 0.1) is 10.2 Å². The molecule has 0 bridgehead atoms. The molecule has 1 aromatic heterocycles. The number of hydrogen-bond acceptors (Lipinski definition) is 5. The Kier molecular flexibility index (Phi) is 3.61. The number of aromatic nitrogens is 1. The predicted octanol–water partition coefficient (Wildman–Crippen LogP) is 3.69. The number of carbonyl (C=O) groups is 1. The predicted molar refractivity (Wildman–Crippen MR) is 94.1 cm³/mol. The first kappa shape index (κ1) is 15.0. The molecule has 1 aliphatic rings. The molecule has 0 spiro atoms. The lowest BCUT2D eigenvalue weighted by Crippen LogP contribution is -2.40. The minimum atomic E-state index is -0.685. The number of amides is 1. The Labute approximate surface area is 143 Å². The van der Waals surface area contributed by atoms with E-state index in [1.165, 1.54) is 11.3 Å². The fourth-order valence-electron chi connectivity index (χ4n) is 2.76. The Morgan fingerprint density at radius 2 is 2.04 bits per heavy atom. The van der Waals surface area contributed by atoms with Crippen molar-refractivity contribution in [1.82, 2.24) is 4.98 Å². The maximum Gasteiger partial charge on any atom is 0.270 e. The summed E-state index contributed by atoms with van der Waals surface area (Å²) in [5.41, 5.74) is 3.22. The molecule has 1 atom stereocenters. The van der Waals surface area contributed by atoms with Crippen LogP contribution in [0.15, 0.2) is 36.4 Å². The minimum Gasteiger partial charge on any atom is -0.485 e. The molecule has 1 N–H and O–H groups in total. The van der Waals surface area contributed by atoms with Crippen molar-refractivity contribution < 1.29 is 14.3 Å². The van der Waals surface area contributed by atoms with Crippen LogP contribution in [0.25, 0.3) is 10.2 Å². The molecule has 2 heterocycles. The molecule has 0 aliphatic carbocycles. The van der Waals surface area contributed by atoms with Gasteiger partial charge < -0.3 is 9.47 Å². The lowest BCUT2D eigenvalue weighted by atomic mass is 10.1. The topological polar surface area (TPSA) is 60.5 Å².